The first-order valence-corrected chi connectivity index (χ1v) is 11.3. The summed E-state index contributed by atoms with van der Waals surface area (Å²) in [6.07, 6.45) is -0.601. The molecule has 0 fully saturated rings. The predicted octanol–water partition coefficient (Wildman–Crippen LogP) is 1.03. The summed E-state index contributed by atoms with van der Waals surface area (Å²) < 4.78 is 5.85. The molecule has 4 amide bonds. The molecule has 190 valence electrons. The second-order valence-corrected chi connectivity index (χ2v) is 8.58. The first kappa shape index (κ1) is 26.2. The van der Waals surface area contributed by atoms with Gasteiger partial charge in [-0.15, -0.1) is 0 Å². The third-order valence-electron chi connectivity index (χ3n) is 5.90. The summed E-state index contributed by atoms with van der Waals surface area (Å²) in [6, 6.07) is 13.1. The molecule has 11 nitrogen and oxygen atoms in total. The lowest BCUT2D eigenvalue weighted by molar-refractivity contribution is -0.159. The van der Waals surface area contributed by atoms with E-state index in [0.29, 0.717) is 17.0 Å². The van der Waals surface area contributed by atoms with Gasteiger partial charge in [-0.3, -0.25) is 24.0 Å². The van der Waals surface area contributed by atoms with Crippen LogP contribution < -0.4 is 21.1 Å². The molecule has 0 saturated heterocycles. The topological polar surface area (TPSA) is 168 Å². The van der Waals surface area contributed by atoms with Crippen molar-refractivity contribution in [2.45, 2.75) is 50.9 Å². The van der Waals surface area contributed by atoms with Crippen LogP contribution in [0.25, 0.3) is 0 Å². The number of aliphatic carboxylic acids is 1. The molecular formula is C25H28N4O7. The molecule has 5 N–H and O–H groups in total. The van der Waals surface area contributed by atoms with E-state index in [2.05, 4.69) is 10.6 Å². The highest BCUT2D eigenvalue weighted by Crippen LogP contribution is 2.34. The van der Waals surface area contributed by atoms with Gasteiger partial charge in [-0.2, -0.15) is 0 Å². The van der Waals surface area contributed by atoms with E-state index in [4.69, 9.17) is 15.6 Å². The lowest BCUT2D eigenvalue weighted by Gasteiger charge is -2.39. The third kappa shape index (κ3) is 5.80. The zero-order chi connectivity index (χ0) is 26.5. The molecule has 2 aromatic rings. The summed E-state index contributed by atoms with van der Waals surface area (Å²) in [5.74, 6) is -3.98. The number of nitrogens with zero attached hydrogens (tertiary/aromatic N) is 1. The molecule has 3 atom stereocenters. The van der Waals surface area contributed by atoms with E-state index in [9.17, 15) is 24.0 Å². The average molecular weight is 497 g/mol. The minimum Gasteiger partial charge on any atom is -0.481 e. The summed E-state index contributed by atoms with van der Waals surface area (Å²) in [7, 11) is 0. The first-order chi connectivity index (χ1) is 17.0. The summed E-state index contributed by atoms with van der Waals surface area (Å²) in [5.41, 5.74) is 4.45. The van der Waals surface area contributed by atoms with Crippen molar-refractivity contribution in [3.05, 3.63) is 60.2 Å². The van der Waals surface area contributed by atoms with Crippen LogP contribution in [0.1, 0.15) is 32.3 Å². The summed E-state index contributed by atoms with van der Waals surface area (Å²) in [4.78, 5) is 63.8. The second kappa shape index (κ2) is 10.9. The second-order valence-electron chi connectivity index (χ2n) is 8.58. The molecule has 0 saturated carbocycles. The van der Waals surface area contributed by atoms with Crippen molar-refractivity contribution in [3.8, 4) is 5.75 Å². The fraction of sp³-hybridized carbons (Fsp3) is 0.320. The van der Waals surface area contributed by atoms with Crippen LogP contribution in [0.15, 0.2) is 54.6 Å². The Hall–Kier alpha value is -4.41. The number of amides is 4. The highest BCUT2D eigenvalue weighted by Gasteiger charge is 2.50. The molecule has 1 aliphatic rings. The maximum atomic E-state index is 13.8. The van der Waals surface area contributed by atoms with Crippen molar-refractivity contribution in [2.75, 3.05) is 5.32 Å². The van der Waals surface area contributed by atoms with Crippen molar-refractivity contribution >= 4 is 35.3 Å². The van der Waals surface area contributed by atoms with Crippen LogP contribution >= 0.6 is 0 Å². The van der Waals surface area contributed by atoms with Crippen LogP contribution in [0.2, 0.25) is 0 Å². The smallest absolute Gasteiger partial charge is 0.303 e. The standard InChI is InChI=1S/C25H28N4O7/c1-15(22(33)27-18(21(26)32)12-13-20(30)31)29(14-16-8-4-3-5-9-16)24(35)25(2)23(34)28-17-10-6-7-11-19(17)36-25/h3-11,15,18H,12-14H2,1-2H3,(H2,26,32)(H,27,33)(H,28,34)(H,30,31)/t15-,18+,25?/m0/s1. The quantitative estimate of drug-likeness (QED) is 0.356. The minimum absolute atomic E-state index is 0.0432. The molecule has 11 heteroatoms. The Bertz CT molecular complexity index is 1170. The number of rotatable bonds is 10. The molecular weight excluding hydrogens is 468 g/mol. The maximum absolute atomic E-state index is 13.8. The van der Waals surface area contributed by atoms with Gasteiger partial charge in [0.15, 0.2) is 0 Å². The number of hydrogen-bond donors (Lipinski definition) is 4. The van der Waals surface area contributed by atoms with E-state index >= 15 is 0 Å². The minimum atomic E-state index is -1.98. The van der Waals surface area contributed by atoms with Crippen LogP contribution in [-0.2, 0) is 30.5 Å². The molecule has 0 radical (unpaired) electrons. The number of anilines is 1. The van der Waals surface area contributed by atoms with E-state index in [0.717, 1.165) is 0 Å². The van der Waals surface area contributed by atoms with Crippen LogP contribution in [-0.4, -0.2) is 57.3 Å². The first-order valence-electron chi connectivity index (χ1n) is 11.3. The number of carboxylic acids is 1. The van der Waals surface area contributed by atoms with Gasteiger partial charge < -0.3 is 31.1 Å². The molecule has 1 unspecified atom stereocenters. The molecule has 1 heterocycles. The number of ether oxygens (including phenoxy) is 1. The van der Waals surface area contributed by atoms with Crippen LogP contribution in [0.5, 0.6) is 5.75 Å². The predicted molar refractivity (Wildman–Crippen MR) is 129 cm³/mol. The van der Waals surface area contributed by atoms with Crippen molar-refractivity contribution in [3.63, 3.8) is 0 Å². The molecule has 36 heavy (non-hydrogen) atoms. The number of para-hydroxylation sites is 2. The van der Waals surface area contributed by atoms with Crippen molar-refractivity contribution in [1.29, 1.82) is 0 Å². The third-order valence-corrected chi connectivity index (χ3v) is 5.90. The zero-order valence-corrected chi connectivity index (χ0v) is 19.9. The van der Waals surface area contributed by atoms with Crippen LogP contribution in [0.3, 0.4) is 0 Å². The molecule has 0 aliphatic carbocycles. The SMILES string of the molecule is C[C@@H](C(=O)N[C@H](CCC(=O)O)C(N)=O)N(Cc1ccccc1)C(=O)C1(C)Oc2ccccc2NC1=O. The Morgan fingerprint density at radius 3 is 2.39 bits per heavy atom. The number of carboxylic acid groups (broad SMARTS) is 1. The largest absolute Gasteiger partial charge is 0.481 e. The Morgan fingerprint density at radius 2 is 1.75 bits per heavy atom. The summed E-state index contributed by atoms with van der Waals surface area (Å²) in [5, 5.41) is 14.0. The highest BCUT2D eigenvalue weighted by atomic mass is 16.5. The lowest BCUT2D eigenvalue weighted by atomic mass is 9.98. The van der Waals surface area contributed by atoms with Gasteiger partial charge in [0.25, 0.3) is 17.4 Å². The van der Waals surface area contributed by atoms with Crippen molar-refractivity contribution in [2.24, 2.45) is 5.73 Å². The van der Waals surface area contributed by atoms with Crippen molar-refractivity contribution < 1.29 is 33.8 Å². The van der Waals surface area contributed by atoms with Crippen molar-refractivity contribution in [1.82, 2.24) is 10.2 Å². The number of hydrogen-bond acceptors (Lipinski definition) is 6. The number of primary amides is 1. The van der Waals surface area contributed by atoms with Crippen LogP contribution in [0, 0.1) is 0 Å². The molecule has 0 spiro atoms. The molecule has 1 aliphatic heterocycles. The number of carbonyl (C=O) groups is 5. The van der Waals surface area contributed by atoms with E-state index in [-0.39, 0.29) is 19.4 Å². The van der Waals surface area contributed by atoms with E-state index in [1.807, 2.05) is 0 Å². The van der Waals surface area contributed by atoms with Gasteiger partial charge in [0.1, 0.15) is 17.8 Å². The normalized spacial score (nSPS) is 18.0. The number of fused-ring (bicyclic) bond motifs is 1. The van der Waals surface area contributed by atoms with Gasteiger partial charge >= 0.3 is 5.97 Å². The van der Waals surface area contributed by atoms with Gasteiger partial charge in [0.2, 0.25) is 11.8 Å². The van der Waals surface area contributed by atoms with E-state index in [1.165, 1.54) is 18.7 Å². The zero-order valence-electron chi connectivity index (χ0n) is 19.9. The number of nitrogens with two attached hydrogens (primary N) is 1. The van der Waals surface area contributed by atoms with Gasteiger partial charge in [0, 0.05) is 13.0 Å². The fourth-order valence-corrected chi connectivity index (χ4v) is 3.73. The average Bonchev–Trinajstić information content (AvgIpc) is 2.85. The van der Waals surface area contributed by atoms with E-state index in [1.54, 1.807) is 54.6 Å². The monoisotopic (exact) mass is 496 g/mol. The summed E-state index contributed by atoms with van der Waals surface area (Å²) in [6.45, 7) is 2.71. The number of carbonyl (C=O) groups excluding carboxylic acids is 4. The van der Waals surface area contributed by atoms with Crippen LogP contribution in [0.4, 0.5) is 5.69 Å². The van der Waals surface area contributed by atoms with E-state index < -0.39 is 47.3 Å². The molecule has 0 bridgehead atoms. The Labute approximate surface area is 207 Å². The molecule has 2 aromatic carbocycles. The van der Waals surface area contributed by atoms with Gasteiger partial charge in [0.05, 0.1) is 5.69 Å². The molecule has 0 aromatic heterocycles. The number of benzene rings is 2. The Kier molecular flexibility index (Phi) is 7.93. The highest BCUT2D eigenvalue weighted by molar-refractivity contribution is 6.16. The molecule has 3 rings (SSSR count). The fourth-order valence-electron chi connectivity index (χ4n) is 3.73. The van der Waals surface area contributed by atoms with Gasteiger partial charge in [-0.1, -0.05) is 42.5 Å². The van der Waals surface area contributed by atoms with Gasteiger partial charge in [-0.05, 0) is 38.0 Å². The van der Waals surface area contributed by atoms with Gasteiger partial charge in [-0.25, -0.2) is 0 Å². The maximum Gasteiger partial charge on any atom is 0.303 e. The Morgan fingerprint density at radius 1 is 1.11 bits per heavy atom. The summed E-state index contributed by atoms with van der Waals surface area (Å²) >= 11 is 0. The number of nitrogens with one attached hydrogen (secondary N) is 2. The Balaban J connectivity index is 1.90. The lowest BCUT2D eigenvalue weighted by Crippen LogP contribution is -2.63.